The van der Waals surface area contributed by atoms with E-state index in [4.69, 9.17) is 5.73 Å². The number of anilines is 1. The van der Waals surface area contributed by atoms with Crippen molar-refractivity contribution in [1.82, 2.24) is 0 Å². The van der Waals surface area contributed by atoms with Crippen molar-refractivity contribution in [3.63, 3.8) is 0 Å². The SMILES string of the molecule is Nc1ccc(-c2ccccc2F)cc1F. The normalized spacial score (nSPS) is 10.3. The van der Waals surface area contributed by atoms with Crippen LogP contribution in [-0.4, -0.2) is 0 Å². The summed E-state index contributed by atoms with van der Waals surface area (Å²) in [6.45, 7) is 0. The Morgan fingerprint density at radius 1 is 0.867 bits per heavy atom. The van der Waals surface area contributed by atoms with Crippen LogP contribution in [0.4, 0.5) is 14.5 Å². The van der Waals surface area contributed by atoms with Gasteiger partial charge < -0.3 is 5.73 Å². The Kier molecular flexibility index (Phi) is 2.37. The lowest BCUT2D eigenvalue weighted by Crippen LogP contribution is -1.91. The van der Waals surface area contributed by atoms with Crippen molar-refractivity contribution >= 4 is 5.69 Å². The predicted octanol–water partition coefficient (Wildman–Crippen LogP) is 3.21. The lowest BCUT2D eigenvalue weighted by atomic mass is 10.0. The van der Waals surface area contributed by atoms with Gasteiger partial charge in [-0.05, 0) is 23.8 Å². The molecule has 76 valence electrons. The largest absolute Gasteiger partial charge is 0.396 e. The second-order valence-electron chi connectivity index (χ2n) is 3.22. The van der Waals surface area contributed by atoms with E-state index in [0.29, 0.717) is 11.1 Å². The third-order valence-corrected chi connectivity index (χ3v) is 2.19. The summed E-state index contributed by atoms with van der Waals surface area (Å²) >= 11 is 0. The highest BCUT2D eigenvalue weighted by atomic mass is 19.1. The molecule has 1 nitrogen and oxygen atoms in total. The smallest absolute Gasteiger partial charge is 0.146 e. The Labute approximate surface area is 86.2 Å². The number of nitrogens with two attached hydrogens (primary N) is 1. The minimum Gasteiger partial charge on any atom is -0.396 e. The molecule has 0 amide bonds. The minimum absolute atomic E-state index is 0.0649. The summed E-state index contributed by atoms with van der Waals surface area (Å²) in [7, 11) is 0. The standard InChI is InChI=1S/C12H9F2N/c13-10-4-2-1-3-9(10)8-5-6-12(15)11(14)7-8/h1-7H,15H2. The molecule has 0 bridgehead atoms. The van der Waals surface area contributed by atoms with Crippen LogP contribution in [0.3, 0.4) is 0 Å². The van der Waals surface area contributed by atoms with Crippen molar-refractivity contribution in [2.45, 2.75) is 0 Å². The molecule has 15 heavy (non-hydrogen) atoms. The molecule has 2 rings (SSSR count). The molecule has 0 unspecified atom stereocenters. The Morgan fingerprint density at radius 2 is 1.60 bits per heavy atom. The Hall–Kier alpha value is -1.90. The van der Waals surface area contributed by atoms with Crippen molar-refractivity contribution in [3.05, 3.63) is 54.1 Å². The molecule has 3 heteroatoms. The van der Waals surface area contributed by atoms with Crippen LogP contribution in [0.25, 0.3) is 11.1 Å². The zero-order valence-corrected chi connectivity index (χ0v) is 7.87. The lowest BCUT2D eigenvalue weighted by Gasteiger charge is -2.04. The quantitative estimate of drug-likeness (QED) is 0.711. The number of benzene rings is 2. The molecular formula is C12H9F2N. The first kappa shape index (κ1) is 9.65. The summed E-state index contributed by atoms with van der Waals surface area (Å²) < 4.78 is 26.5. The van der Waals surface area contributed by atoms with Crippen molar-refractivity contribution in [1.29, 1.82) is 0 Å². The van der Waals surface area contributed by atoms with Crippen molar-refractivity contribution in [3.8, 4) is 11.1 Å². The Balaban J connectivity index is 2.55. The van der Waals surface area contributed by atoms with Gasteiger partial charge in [-0.1, -0.05) is 24.3 Å². The van der Waals surface area contributed by atoms with E-state index < -0.39 is 5.82 Å². The topological polar surface area (TPSA) is 26.0 Å². The molecule has 2 aromatic carbocycles. The zero-order valence-electron chi connectivity index (χ0n) is 7.87. The minimum atomic E-state index is -0.532. The number of rotatable bonds is 1. The van der Waals surface area contributed by atoms with Crippen LogP contribution in [0.5, 0.6) is 0 Å². The molecule has 0 aliphatic rings. The molecule has 2 N–H and O–H groups in total. The van der Waals surface area contributed by atoms with E-state index in [1.54, 1.807) is 24.3 Å². The maximum Gasteiger partial charge on any atom is 0.146 e. The van der Waals surface area contributed by atoms with Gasteiger partial charge >= 0.3 is 0 Å². The van der Waals surface area contributed by atoms with Gasteiger partial charge in [0.1, 0.15) is 11.6 Å². The summed E-state index contributed by atoms with van der Waals surface area (Å²) in [6, 6.07) is 10.5. The lowest BCUT2D eigenvalue weighted by molar-refractivity contribution is 0.627. The third kappa shape index (κ3) is 1.81. The van der Waals surface area contributed by atoms with Crippen LogP contribution >= 0.6 is 0 Å². The molecule has 2 aromatic rings. The number of hydrogen-bond acceptors (Lipinski definition) is 1. The van der Waals surface area contributed by atoms with Gasteiger partial charge in [-0.2, -0.15) is 0 Å². The molecule has 0 atom stereocenters. The molecule has 0 heterocycles. The first-order valence-electron chi connectivity index (χ1n) is 4.48. The van der Waals surface area contributed by atoms with Crippen molar-refractivity contribution in [2.75, 3.05) is 5.73 Å². The van der Waals surface area contributed by atoms with Gasteiger partial charge in [-0.15, -0.1) is 0 Å². The summed E-state index contributed by atoms with van der Waals surface area (Å²) in [5.74, 6) is -0.905. The Morgan fingerprint density at radius 3 is 2.27 bits per heavy atom. The van der Waals surface area contributed by atoms with Crippen LogP contribution in [0.2, 0.25) is 0 Å². The summed E-state index contributed by atoms with van der Waals surface area (Å²) in [5.41, 5.74) is 6.26. The van der Waals surface area contributed by atoms with E-state index >= 15 is 0 Å². The second-order valence-corrected chi connectivity index (χ2v) is 3.22. The molecule has 0 fully saturated rings. The maximum atomic E-state index is 13.4. The van der Waals surface area contributed by atoms with Gasteiger partial charge in [-0.25, -0.2) is 8.78 Å². The summed E-state index contributed by atoms with van der Waals surface area (Å²) in [4.78, 5) is 0. The molecule has 0 saturated carbocycles. The van der Waals surface area contributed by atoms with Crippen LogP contribution in [0.1, 0.15) is 0 Å². The fraction of sp³-hybridized carbons (Fsp3) is 0. The van der Waals surface area contributed by atoms with Gasteiger partial charge in [0.25, 0.3) is 0 Å². The Bertz CT molecular complexity index is 495. The van der Waals surface area contributed by atoms with Crippen molar-refractivity contribution < 1.29 is 8.78 Å². The fourth-order valence-corrected chi connectivity index (χ4v) is 1.39. The van der Waals surface area contributed by atoms with Gasteiger partial charge in [0.15, 0.2) is 0 Å². The van der Waals surface area contributed by atoms with Gasteiger partial charge in [-0.3, -0.25) is 0 Å². The highest BCUT2D eigenvalue weighted by molar-refractivity contribution is 5.66. The monoisotopic (exact) mass is 205 g/mol. The highest BCUT2D eigenvalue weighted by Gasteiger charge is 2.06. The maximum absolute atomic E-state index is 13.4. The average molecular weight is 205 g/mol. The van der Waals surface area contributed by atoms with E-state index in [1.807, 2.05) is 0 Å². The summed E-state index contributed by atoms with van der Waals surface area (Å²) in [6.07, 6.45) is 0. The highest BCUT2D eigenvalue weighted by Crippen LogP contribution is 2.24. The third-order valence-electron chi connectivity index (χ3n) is 2.19. The number of nitrogen functional groups attached to an aromatic ring is 1. The molecular weight excluding hydrogens is 196 g/mol. The first-order chi connectivity index (χ1) is 7.18. The van der Waals surface area contributed by atoms with Crippen LogP contribution in [0, 0.1) is 11.6 Å². The predicted molar refractivity (Wildman–Crippen MR) is 56.2 cm³/mol. The average Bonchev–Trinajstić information content (AvgIpc) is 2.23. The first-order valence-corrected chi connectivity index (χ1v) is 4.48. The molecule has 0 aromatic heterocycles. The van der Waals surface area contributed by atoms with E-state index in [0.717, 1.165) is 0 Å². The zero-order chi connectivity index (χ0) is 10.8. The van der Waals surface area contributed by atoms with Gasteiger partial charge in [0.05, 0.1) is 5.69 Å². The number of halogens is 2. The molecule has 0 saturated heterocycles. The van der Waals surface area contributed by atoms with Gasteiger partial charge in [0.2, 0.25) is 0 Å². The van der Waals surface area contributed by atoms with E-state index in [1.165, 1.54) is 18.2 Å². The summed E-state index contributed by atoms with van der Waals surface area (Å²) in [5, 5.41) is 0. The van der Waals surface area contributed by atoms with Crippen LogP contribution < -0.4 is 5.73 Å². The van der Waals surface area contributed by atoms with Crippen LogP contribution in [0.15, 0.2) is 42.5 Å². The molecule has 0 spiro atoms. The second kappa shape index (κ2) is 3.69. The van der Waals surface area contributed by atoms with Crippen molar-refractivity contribution in [2.24, 2.45) is 0 Å². The van der Waals surface area contributed by atoms with E-state index in [9.17, 15) is 8.78 Å². The molecule has 0 radical (unpaired) electrons. The molecule has 0 aliphatic carbocycles. The molecule has 0 aliphatic heterocycles. The fourth-order valence-electron chi connectivity index (χ4n) is 1.39. The van der Waals surface area contributed by atoms with Gasteiger partial charge in [0, 0.05) is 5.56 Å². The van der Waals surface area contributed by atoms with E-state index in [-0.39, 0.29) is 11.5 Å². The number of hydrogen-bond donors (Lipinski definition) is 1. The van der Waals surface area contributed by atoms with Crippen LogP contribution in [-0.2, 0) is 0 Å². The van der Waals surface area contributed by atoms with E-state index in [2.05, 4.69) is 0 Å².